The fraction of sp³-hybridized carbons (Fsp3) is 0.600. The summed E-state index contributed by atoms with van der Waals surface area (Å²) in [5, 5.41) is 2.59. The molecule has 1 aromatic rings. The molecule has 0 bridgehead atoms. The van der Waals surface area contributed by atoms with Gasteiger partial charge >= 0.3 is 6.18 Å². The number of hydrogen-bond acceptors (Lipinski definition) is 3. The number of halogens is 3. The Morgan fingerprint density at radius 3 is 2.70 bits per heavy atom. The van der Waals surface area contributed by atoms with Gasteiger partial charge in [0.15, 0.2) is 0 Å². The summed E-state index contributed by atoms with van der Waals surface area (Å²) in [5.74, 6) is -0.880. The summed E-state index contributed by atoms with van der Waals surface area (Å²) >= 11 is 0. The highest BCUT2D eigenvalue weighted by Crippen LogP contribution is 2.32. The number of nitrogens with one attached hydrogen (secondary N) is 1. The first-order valence-corrected chi connectivity index (χ1v) is 7.41. The standard InChI is InChI=1S/C15H19F3N2O3/c1-10(21)19-12-3-4-13(15(16,17)18)20(8-12)14(22)5-2-11-6-7-23-9-11/h6-7,9,12-13H,2-5,8H2,1H3,(H,19,21)/t12-,13+/m1/s1. The maximum atomic E-state index is 13.2. The van der Waals surface area contributed by atoms with Gasteiger partial charge in [0.05, 0.1) is 12.5 Å². The topological polar surface area (TPSA) is 62.6 Å². The highest BCUT2D eigenvalue weighted by molar-refractivity contribution is 5.77. The fourth-order valence-electron chi connectivity index (χ4n) is 2.82. The molecule has 1 aliphatic rings. The van der Waals surface area contributed by atoms with E-state index in [0.717, 1.165) is 10.5 Å². The molecule has 0 aromatic carbocycles. The molecule has 2 amide bonds. The average molecular weight is 332 g/mol. The molecule has 23 heavy (non-hydrogen) atoms. The first kappa shape index (κ1) is 17.4. The smallest absolute Gasteiger partial charge is 0.408 e. The van der Waals surface area contributed by atoms with Gasteiger partial charge in [0, 0.05) is 25.9 Å². The molecule has 1 aliphatic heterocycles. The van der Waals surface area contributed by atoms with Crippen molar-refractivity contribution in [1.82, 2.24) is 10.2 Å². The fourth-order valence-corrected chi connectivity index (χ4v) is 2.82. The number of furan rings is 1. The molecule has 1 N–H and O–H groups in total. The van der Waals surface area contributed by atoms with E-state index in [-0.39, 0.29) is 31.7 Å². The number of carbonyl (C=O) groups is 2. The van der Waals surface area contributed by atoms with Crippen LogP contribution in [0.1, 0.15) is 31.7 Å². The first-order valence-electron chi connectivity index (χ1n) is 7.41. The molecule has 1 fully saturated rings. The van der Waals surface area contributed by atoms with Crippen LogP contribution in [0.5, 0.6) is 0 Å². The third kappa shape index (κ3) is 4.74. The number of nitrogens with zero attached hydrogens (tertiary/aromatic N) is 1. The maximum absolute atomic E-state index is 13.2. The van der Waals surface area contributed by atoms with E-state index in [1.807, 2.05) is 0 Å². The molecule has 1 aromatic heterocycles. The molecule has 0 spiro atoms. The van der Waals surface area contributed by atoms with Crippen LogP contribution < -0.4 is 5.32 Å². The van der Waals surface area contributed by atoms with Gasteiger partial charge in [0.1, 0.15) is 6.04 Å². The Kier molecular flexibility index (Phi) is 5.33. The van der Waals surface area contributed by atoms with Gasteiger partial charge in [-0.1, -0.05) is 0 Å². The van der Waals surface area contributed by atoms with Crippen molar-refractivity contribution in [3.8, 4) is 0 Å². The van der Waals surface area contributed by atoms with E-state index >= 15 is 0 Å². The quantitative estimate of drug-likeness (QED) is 0.920. The third-order valence-electron chi connectivity index (χ3n) is 3.90. The van der Waals surface area contributed by atoms with Crippen LogP contribution in [0.2, 0.25) is 0 Å². The number of hydrogen-bond donors (Lipinski definition) is 1. The van der Waals surface area contributed by atoms with Gasteiger partial charge in [-0.3, -0.25) is 9.59 Å². The van der Waals surface area contributed by atoms with Crippen LogP contribution in [-0.2, 0) is 16.0 Å². The Morgan fingerprint density at radius 1 is 1.39 bits per heavy atom. The molecule has 2 atom stereocenters. The minimum absolute atomic E-state index is 0.0289. The largest absolute Gasteiger partial charge is 0.472 e. The highest BCUT2D eigenvalue weighted by atomic mass is 19.4. The molecule has 1 saturated heterocycles. The zero-order chi connectivity index (χ0) is 17.0. The van der Waals surface area contributed by atoms with Crippen LogP contribution in [0.4, 0.5) is 13.2 Å². The predicted octanol–water partition coefficient (Wildman–Crippen LogP) is 2.27. The SMILES string of the molecule is CC(=O)N[C@@H]1CC[C@@H](C(F)(F)F)N(C(=O)CCc2ccoc2)C1. The van der Waals surface area contributed by atoms with E-state index in [1.54, 1.807) is 6.07 Å². The van der Waals surface area contributed by atoms with Crippen LogP contribution in [0, 0.1) is 0 Å². The normalized spacial score (nSPS) is 22.0. The number of piperidine rings is 1. The minimum Gasteiger partial charge on any atom is -0.472 e. The highest BCUT2D eigenvalue weighted by Gasteiger charge is 2.47. The number of likely N-dealkylation sites (tertiary alicyclic amines) is 1. The summed E-state index contributed by atoms with van der Waals surface area (Å²) in [6, 6.07) is -0.557. The van der Waals surface area contributed by atoms with Crippen molar-refractivity contribution in [1.29, 1.82) is 0 Å². The van der Waals surface area contributed by atoms with Crippen LogP contribution in [0.15, 0.2) is 23.0 Å². The van der Waals surface area contributed by atoms with Crippen molar-refractivity contribution in [3.63, 3.8) is 0 Å². The van der Waals surface area contributed by atoms with E-state index in [1.165, 1.54) is 19.5 Å². The molecule has 5 nitrogen and oxygen atoms in total. The Balaban J connectivity index is 2.04. The predicted molar refractivity (Wildman–Crippen MR) is 75.4 cm³/mol. The number of rotatable bonds is 4. The van der Waals surface area contributed by atoms with E-state index in [9.17, 15) is 22.8 Å². The van der Waals surface area contributed by atoms with Gasteiger partial charge in [-0.2, -0.15) is 13.2 Å². The number of carbonyl (C=O) groups excluding carboxylic acids is 2. The average Bonchev–Trinajstić information content (AvgIpc) is 2.96. The molecule has 0 aliphatic carbocycles. The molecule has 0 saturated carbocycles. The molecule has 2 rings (SSSR count). The second kappa shape index (κ2) is 7.06. The summed E-state index contributed by atoms with van der Waals surface area (Å²) in [4.78, 5) is 24.2. The molecule has 0 radical (unpaired) electrons. The summed E-state index contributed by atoms with van der Waals surface area (Å²) in [5.41, 5.74) is 0.761. The summed E-state index contributed by atoms with van der Waals surface area (Å²) in [7, 11) is 0. The van der Waals surface area contributed by atoms with E-state index in [4.69, 9.17) is 4.42 Å². The Labute approximate surface area is 131 Å². The van der Waals surface area contributed by atoms with E-state index in [2.05, 4.69) is 5.32 Å². The minimum atomic E-state index is -4.47. The van der Waals surface area contributed by atoms with Crippen molar-refractivity contribution >= 4 is 11.8 Å². The Hall–Kier alpha value is -1.99. The van der Waals surface area contributed by atoms with Crippen molar-refractivity contribution in [2.24, 2.45) is 0 Å². The summed E-state index contributed by atoms with van der Waals surface area (Å²) in [6.45, 7) is 1.19. The Bertz CT molecular complexity index is 543. The van der Waals surface area contributed by atoms with Gasteiger partial charge < -0.3 is 14.6 Å². The van der Waals surface area contributed by atoms with Crippen LogP contribution in [0.3, 0.4) is 0 Å². The second-order valence-corrected chi connectivity index (χ2v) is 5.71. The van der Waals surface area contributed by atoms with Crippen LogP contribution in [-0.4, -0.2) is 41.5 Å². The van der Waals surface area contributed by atoms with Crippen molar-refractivity contribution < 1.29 is 27.2 Å². The lowest BCUT2D eigenvalue weighted by Gasteiger charge is -2.40. The lowest BCUT2D eigenvalue weighted by Crippen LogP contribution is -2.58. The number of amides is 2. The van der Waals surface area contributed by atoms with Crippen molar-refractivity contribution in [2.45, 2.75) is 50.9 Å². The summed E-state index contributed by atoms with van der Waals surface area (Å²) in [6.07, 6.45) is -1.26. The van der Waals surface area contributed by atoms with Gasteiger partial charge in [-0.15, -0.1) is 0 Å². The molecule has 8 heteroatoms. The summed E-state index contributed by atoms with van der Waals surface area (Å²) < 4.78 is 44.4. The molecule has 0 unspecified atom stereocenters. The zero-order valence-corrected chi connectivity index (χ0v) is 12.7. The molecular formula is C15H19F3N2O3. The van der Waals surface area contributed by atoms with Gasteiger partial charge in [-0.25, -0.2) is 0 Å². The molecular weight excluding hydrogens is 313 g/mol. The van der Waals surface area contributed by atoms with Crippen molar-refractivity contribution in [2.75, 3.05) is 6.54 Å². The van der Waals surface area contributed by atoms with Gasteiger partial charge in [0.2, 0.25) is 11.8 Å². The van der Waals surface area contributed by atoms with Gasteiger partial charge in [-0.05, 0) is 30.9 Å². The number of aryl methyl sites for hydroxylation is 1. The van der Waals surface area contributed by atoms with E-state index < -0.39 is 24.2 Å². The second-order valence-electron chi connectivity index (χ2n) is 5.71. The maximum Gasteiger partial charge on any atom is 0.408 e. The first-order chi connectivity index (χ1) is 10.8. The zero-order valence-electron chi connectivity index (χ0n) is 12.7. The van der Waals surface area contributed by atoms with Crippen molar-refractivity contribution in [3.05, 3.63) is 24.2 Å². The lowest BCUT2D eigenvalue weighted by molar-refractivity contribution is -0.197. The molecule has 128 valence electrons. The Morgan fingerprint density at radius 2 is 2.13 bits per heavy atom. The van der Waals surface area contributed by atoms with Crippen LogP contribution in [0.25, 0.3) is 0 Å². The van der Waals surface area contributed by atoms with E-state index in [0.29, 0.717) is 6.42 Å². The monoisotopic (exact) mass is 332 g/mol. The van der Waals surface area contributed by atoms with Crippen LogP contribution >= 0.6 is 0 Å². The molecule has 2 heterocycles. The van der Waals surface area contributed by atoms with Gasteiger partial charge in [0.25, 0.3) is 0 Å². The lowest BCUT2D eigenvalue weighted by atomic mass is 9.96. The number of alkyl halides is 3. The third-order valence-corrected chi connectivity index (χ3v) is 3.90.